The highest BCUT2D eigenvalue weighted by Gasteiger charge is 2.30. The first-order chi connectivity index (χ1) is 12.3. The molecule has 1 fully saturated rings. The summed E-state index contributed by atoms with van der Waals surface area (Å²) in [5.41, 5.74) is 6.77. The van der Waals surface area contributed by atoms with Gasteiger partial charge in [0, 0.05) is 19.2 Å². The minimum Gasteiger partial charge on any atom is -0.383 e. The highest BCUT2D eigenvalue weighted by Crippen LogP contribution is 2.34. The molecular weight excluding hydrogens is 345 g/mol. The SMILES string of the molecule is Cn1nc2nc(NCC3CC3)nc(-c3ccc(C(F)(F)F)cc3)c2c1N. The minimum absolute atomic E-state index is 0.364. The van der Waals surface area contributed by atoms with Gasteiger partial charge in [0.25, 0.3) is 0 Å². The van der Waals surface area contributed by atoms with Crippen LogP contribution in [0.5, 0.6) is 0 Å². The molecule has 9 heteroatoms. The number of aromatic nitrogens is 4. The lowest BCUT2D eigenvalue weighted by atomic mass is 10.1. The average Bonchev–Trinajstić information content (AvgIpc) is 3.38. The molecule has 0 unspecified atom stereocenters. The number of hydrogen-bond acceptors (Lipinski definition) is 5. The minimum atomic E-state index is -4.39. The molecule has 26 heavy (non-hydrogen) atoms. The Balaban J connectivity index is 1.80. The standard InChI is InChI=1S/C17H17F3N6/c1-26-14(21)12-13(10-4-6-11(7-5-10)17(18,19)20)23-16(24-15(12)25-26)22-8-9-2-3-9/h4-7,9H,2-3,8,21H2,1H3,(H,22,24,25). The van der Waals surface area contributed by atoms with E-state index in [2.05, 4.69) is 20.4 Å². The highest BCUT2D eigenvalue weighted by atomic mass is 19.4. The van der Waals surface area contributed by atoms with E-state index in [0.717, 1.165) is 18.7 Å². The molecule has 0 amide bonds. The molecule has 0 atom stereocenters. The molecule has 2 aromatic heterocycles. The Morgan fingerprint density at radius 1 is 1.19 bits per heavy atom. The van der Waals surface area contributed by atoms with E-state index in [4.69, 9.17) is 5.73 Å². The zero-order valence-corrected chi connectivity index (χ0v) is 14.0. The van der Waals surface area contributed by atoms with Crippen molar-refractivity contribution in [2.24, 2.45) is 13.0 Å². The number of nitrogens with one attached hydrogen (secondary N) is 1. The summed E-state index contributed by atoms with van der Waals surface area (Å²) in [6.45, 7) is 0.764. The summed E-state index contributed by atoms with van der Waals surface area (Å²) in [5, 5.41) is 7.99. The van der Waals surface area contributed by atoms with E-state index in [-0.39, 0.29) is 0 Å². The van der Waals surface area contributed by atoms with Gasteiger partial charge in [-0.05, 0) is 30.9 Å². The van der Waals surface area contributed by atoms with E-state index >= 15 is 0 Å². The Hall–Kier alpha value is -2.84. The number of rotatable bonds is 4. The first-order valence-corrected chi connectivity index (χ1v) is 8.24. The fourth-order valence-corrected chi connectivity index (χ4v) is 2.78. The molecule has 2 heterocycles. The topological polar surface area (TPSA) is 81.7 Å². The molecule has 3 N–H and O–H groups in total. The molecule has 1 aromatic carbocycles. The van der Waals surface area contributed by atoms with Gasteiger partial charge in [-0.25, -0.2) is 4.98 Å². The molecule has 0 saturated heterocycles. The fraction of sp³-hybridized carbons (Fsp3) is 0.353. The number of nitrogen functional groups attached to an aromatic ring is 1. The summed E-state index contributed by atoms with van der Waals surface area (Å²) in [7, 11) is 1.69. The lowest BCUT2D eigenvalue weighted by molar-refractivity contribution is -0.137. The van der Waals surface area contributed by atoms with Gasteiger partial charge in [-0.2, -0.15) is 23.3 Å². The molecular formula is C17H17F3N6. The summed E-state index contributed by atoms with van der Waals surface area (Å²) < 4.78 is 39.9. The molecule has 4 rings (SSSR count). The largest absolute Gasteiger partial charge is 0.416 e. The average molecular weight is 362 g/mol. The van der Waals surface area contributed by atoms with Crippen molar-refractivity contribution in [1.82, 2.24) is 19.7 Å². The molecule has 136 valence electrons. The molecule has 3 aromatic rings. The maximum atomic E-state index is 12.8. The number of anilines is 2. The van der Waals surface area contributed by atoms with E-state index in [1.807, 2.05) is 0 Å². The number of fused-ring (bicyclic) bond motifs is 1. The van der Waals surface area contributed by atoms with Crippen molar-refractivity contribution in [2.75, 3.05) is 17.6 Å². The number of alkyl halides is 3. The molecule has 6 nitrogen and oxygen atoms in total. The van der Waals surface area contributed by atoms with Crippen LogP contribution >= 0.6 is 0 Å². The predicted octanol–water partition coefficient (Wildman–Crippen LogP) is 3.45. The fourth-order valence-electron chi connectivity index (χ4n) is 2.78. The Morgan fingerprint density at radius 2 is 1.88 bits per heavy atom. The first-order valence-electron chi connectivity index (χ1n) is 8.24. The second-order valence-corrected chi connectivity index (χ2v) is 6.50. The van der Waals surface area contributed by atoms with E-state index in [0.29, 0.717) is 40.0 Å². The number of nitrogens with two attached hydrogens (primary N) is 1. The zero-order chi connectivity index (χ0) is 18.5. The highest BCUT2D eigenvalue weighted by molar-refractivity contribution is 5.98. The van der Waals surface area contributed by atoms with Crippen LogP contribution in [0.3, 0.4) is 0 Å². The third-order valence-corrected chi connectivity index (χ3v) is 4.47. The molecule has 1 aliphatic rings. The van der Waals surface area contributed by atoms with Crippen LogP contribution in [0.15, 0.2) is 24.3 Å². The Kier molecular flexibility index (Phi) is 3.74. The summed E-state index contributed by atoms with van der Waals surface area (Å²) >= 11 is 0. The van der Waals surface area contributed by atoms with Crippen LogP contribution in [0, 0.1) is 5.92 Å². The van der Waals surface area contributed by atoms with E-state index in [1.165, 1.54) is 29.7 Å². The van der Waals surface area contributed by atoms with Crippen molar-refractivity contribution >= 4 is 22.8 Å². The Labute approximate surface area is 147 Å². The monoisotopic (exact) mass is 362 g/mol. The van der Waals surface area contributed by atoms with Gasteiger partial charge < -0.3 is 11.1 Å². The van der Waals surface area contributed by atoms with Gasteiger partial charge in [0.1, 0.15) is 5.82 Å². The predicted molar refractivity (Wildman–Crippen MR) is 92.4 cm³/mol. The van der Waals surface area contributed by atoms with Crippen molar-refractivity contribution in [2.45, 2.75) is 19.0 Å². The third kappa shape index (κ3) is 3.04. The Morgan fingerprint density at radius 3 is 2.50 bits per heavy atom. The second kappa shape index (κ2) is 5.86. The molecule has 0 radical (unpaired) electrons. The van der Waals surface area contributed by atoms with Gasteiger partial charge in [0.15, 0.2) is 5.65 Å². The van der Waals surface area contributed by atoms with Gasteiger partial charge in [0.2, 0.25) is 5.95 Å². The van der Waals surface area contributed by atoms with Crippen LogP contribution in [0.2, 0.25) is 0 Å². The second-order valence-electron chi connectivity index (χ2n) is 6.50. The van der Waals surface area contributed by atoms with E-state index in [9.17, 15) is 13.2 Å². The van der Waals surface area contributed by atoms with Gasteiger partial charge in [0.05, 0.1) is 16.6 Å². The van der Waals surface area contributed by atoms with Gasteiger partial charge in [-0.1, -0.05) is 12.1 Å². The van der Waals surface area contributed by atoms with Gasteiger partial charge in [-0.3, -0.25) is 4.68 Å². The van der Waals surface area contributed by atoms with Crippen molar-refractivity contribution in [3.05, 3.63) is 29.8 Å². The molecule has 0 bridgehead atoms. The first kappa shape index (κ1) is 16.6. The maximum absolute atomic E-state index is 12.8. The maximum Gasteiger partial charge on any atom is 0.416 e. The summed E-state index contributed by atoms with van der Waals surface area (Å²) in [5.74, 6) is 1.39. The van der Waals surface area contributed by atoms with Crippen LogP contribution in [-0.4, -0.2) is 26.3 Å². The van der Waals surface area contributed by atoms with Crippen LogP contribution in [0.4, 0.5) is 24.9 Å². The molecule has 1 aliphatic carbocycles. The summed E-state index contributed by atoms with van der Waals surface area (Å²) in [6, 6.07) is 4.85. The Bertz CT molecular complexity index is 957. The lowest BCUT2D eigenvalue weighted by Crippen LogP contribution is -2.08. The van der Waals surface area contributed by atoms with Crippen LogP contribution in [-0.2, 0) is 13.2 Å². The quantitative estimate of drug-likeness (QED) is 0.743. The summed E-state index contributed by atoms with van der Waals surface area (Å²) in [4.78, 5) is 8.89. The van der Waals surface area contributed by atoms with Gasteiger partial charge in [-0.15, -0.1) is 0 Å². The smallest absolute Gasteiger partial charge is 0.383 e. The van der Waals surface area contributed by atoms with Crippen molar-refractivity contribution in [1.29, 1.82) is 0 Å². The number of aryl methyl sites for hydroxylation is 1. The van der Waals surface area contributed by atoms with Crippen molar-refractivity contribution in [3.63, 3.8) is 0 Å². The van der Waals surface area contributed by atoms with Gasteiger partial charge >= 0.3 is 6.18 Å². The molecule has 0 aliphatic heterocycles. The van der Waals surface area contributed by atoms with Crippen LogP contribution < -0.4 is 11.1 Å². The van der Waals surface area contributed by atoms with Crippen molar-refractivity contribution < 1.29 is 13.2 Å². The zero-order valence-electron chi connectivity index (χ0n) is 14.0. The normalized spacial score (nSPS) is 14.8. The lowest BCUT2D eigenvalue weighted by Gasteiger charge is -2.10. The van der Waals surface area contributed by atoms with E-state index < -0.39 is 11.7 Å². The number of benzene rings is 1. The van der Waals surface area contributed by atoms with E-state index in [1.54, 1.807) is 7.05 Å². The number of halogens is 3. The third-order valence-electron chi connectivity index (χ3n) is 4.47. The number of hydrogen-bond donors (Lipinski definition) is 2. The molecule has 0 spiro atoms. The van der Waals surface area contributed by atoms with Crippen LogP contribution in [0.25, 0.3) is 22.3 Å². The van der Waals surface area contributed by atoms with Crippen molar-refractivity contribution in [3.8, 4) is 11.3 Å². The van der Waals surface area contributed by atoms with Crippen LogP contribution in [0.1, 0.15) is 18.4 Å². The molecule has 1 saturated carbocycles. The number of nitrogens with zero attached hydrogens (tertiary/aromatic N) is 4. The summed E-state index contributed by atoms with van der Waals surface area (Å²) in [6.07, 6.45) is -2.03.